The van der Waals surface area contributed by atoms with Crippen LogP contribution in [0.1, 0.15) is 23.4 Å². The standard InChI is InChI=1S/C17H18N4O3/c1-11-13(12(2)24-20-11)4-3-8-19-16-5-6-17(21(22)23)15-10-18-9-7-14(15)16/h5-7,9-10,19H,3-4,8H2,1-2H3. The predicted octanol–water partition coefficient (Wildman–Crippen LogP) is 3.79. The van der Waals surface area contributed by atoms with Crippen molar-refractivity contribution in [2.75, 3.05) is 11.9 Å². The molecule has 0 saturated heterocycles. The first-order chi connectivity index (χ1) is 11.6. The second kappa shape index (κ2) is 6.66. The number of nitro benzene ring substituents is 1. The molecule has 0 aliphatic rings. The monoisotopic (exact) mass is 326 g/mol. The Labute approximate surface area is 138 Å². The number of benzene rings is 1. The number of rotatable bonds is 6. The van der Waals surface area contributed by atoms with E-state index in [2.05, 4.69) is 15.5 Å². The summed E-state index contributed by atoms with van der Waals surface area (Å²) in [5, 5.41) is 19.8. The van der Waals surface area contributed by atoms with Crippen molar-refractivity contribution < 1.29 is 9.45 Å². The highest BCUT2D eigenvalue weighted by molar-refractivity contribution is 5.99. The van der Waals surface area contributed by atoms with Gasteiger partial charge in [0, 0.05) is 41.6 Å². The minimum absolute atomic E-state index is 0.0689. The molecule has 3 rings (SSSR count). The molecule has 0 unspecified atom stereocenters. The fourth-order valence-corrected chi connectivity index (χ4v) is 2.84. The van der Waals surface area contributed by atoms with E-state index in [1.54, 1.807) is 18.3 Å². The van der Waals surface area contributed by atoms with E-state index in [-0.39, 0.29) is 10.6 Å². The number of nitrogens with one attached hydrogen (secondary N) is 1. The van der Waals surface area contributed by atoms with Gasteiger partial charge in [-0.1, -0.05) is 5.16 Å². The van der Waals surface area contributed by atoms with Gasteiger partial charge in [0.15, 0.2) is 0 Å². The largest absolute Gasteiger partial charge is 0.385 e. The summed E-state index contributed by atoms with van der Waals surface area (Å²) in [6.45, 7) is 4.61. The second-order valence-electron chi connectivity index (χ2n) is 5.64. The highest BCUT2D eigenvalue weighted by Crippen LogP contribution is 2.30. The molecule has 1 N–H and O–H groups in total. The molecule has 0 atom stereocenters. The summed E-state index contributed by atoms with van der Waals surface area (Å²) in [4.78, 5) is 14.7. The number of hydrogen-bond acceptors (Lipinski definition) is 6. The molecule has 0 fully saturated rings. The average molecular weight is 326 g/mol. The lowest BCUT2D eigenvalue weighted by Crippen LogP contribution is -2.04. The minimum Gasteiger partial charge on any atom is -0.385 e. The summed E-state index contributed by atoms with van der Waals surface area (Å²) in [6.07, 6.45) is 4.96. The smallest absolute Gasteiger partial charge is 0.278 e. The zero-order valence-electron chi connectivity index (χ0n) is 13.6. The Morgan fingerprint density at radius 1 is 1.25 bits per heavy atom. The van der Waals surface area contributed by atoms with Crippen molar-refractivity contribution in [2.24, 2.45) is 0 Å². The highest BCUT2D eigenvalue weighted by atomic mass is 16.6. The first-order valence-corrected chi connectivity index (χ1v) is 7.74. The SMILES string of the molecule is Cc1noc(C)c1CCCNc1ccc([N+](=O)[O-])c2cnccc12. The third kappa shape index (κ3) is 3.05. The van der Waals surface area contributed by atoms with Crippen molar-refractivity contribution in [3.8, 4) is 0 Å². The number of nitro groups is 1. The lowest BCUT2D eigenvalue weighted by atomic mass is 10.1. The number of anilines is 1. The molecule has 1 aromatic carbocycles. The molecule has 124 valence electrons. The maximum atomic E-state index is 11.1. The van der Waals surface area contributed by atoms with E-state index in [1.165, 1.54) is 12.3 Å². The van der Waals surface area contributed by atoms with E-state index >= 15 is 0 Å². The predicted molar refractivity (Wildman–Crippen MR) is 91.2 cm³/mol. The number of non-ortho nitro benzene ring substituents is 1. The lowest BCUT2D eigenvalue weighted by Gasteiger charge is -2.10. The van der Waals surface area contributed by atoms with Crippen molar-refractivity contribution in [3.63, 3.8) is 0 Å². The van der Waals surface area contributed by atoms with Crippen LogP contribution in [0.3, 0.4) is 0 Å². The maximum absolute atomic E-state index is 11.1. The highest BCUT2D eigenvalue weighted by Gasteiger charge is 2.14. The third-order valence-corrected chi connectivity index (χ3v) is 4.09. The Morgan fingerprint density at radius 2 is 2.08 bits per heavy atom. The van der Waals surface area contributed by atoms with Crippen molar-refractivity contribution in [1.29, 1.82) is 0 Å². The summed E-state index contributed by atoms with van der Waals surface area (Å²) < 4.78 is 5.16. The van der Waals surface area contributed by atoms with Gasteiger partial charge in [-0.25, -0.2) is 0 Å². The number of hydrogen-bond donors (Lipinski definition) is 1. The van der Waals surface area contributed by atoms with Gasteiger partial charge in [0.05, 0.1) is 16.0 Å². The van der Waals surface area contributed by atoms with E-state index in [1.807, 2.05) is 13.8 Å². The number of aromatic nitrogens is 2. The molecule has 2 aromatic heterocycles. The van der Waals surface area contributed by atoms with Gasteiger partial charge in [-0.2, -0.15) is 0 Å². The van der Waals surface area contributed by atoms with Gasteiger partial charge >= 0.3 is 0 Å². The quantitative estimate of drug-likeness (QED) is 0.421. The van der Waals surface area contributed by atoms with Crippen molar-refractivity contribution in [3.05, 3.63) is 57.7 Å². The molecular weight excluding hydrogens is 308 g/mol. The molecule has 0 radical (unpaired) electrons. The van der Waals surface area contributed by atoms with E-state index in [4.69, 9.17) is 4.52 Å². The Kier molecular flexibility index (Phi) is 4.41. The number of fused-ring (bicyclic) bond motifs is 1. The fraction of sp³-hybridized carbons (Fsp3) is 0.294. The van der Waals surface area contributed by atoms with Gasteiger partial charge in [0.1, 0.15) is 5.76 Å². The molecular formula is C17H18N4O3. The number of pyridine rings is 1. The van der Waals surface area contributed by atoms with Gasteiger partial charge in [-0.3, -0.25) is 15.1 Å². The Hall–Kier alpha value is -2.96. The molecule has 7 nitrogen and oxygen atoms in total. The average Bonchev–Trinajstić information content (AvgIpc) is 2.90. The van der Waals surface area contributed by atoms with E-state index < -0.39 is 0 Å². The van der Waals surface area contributed by atoms with Crippen molar-refractivity contribution in [1.82, 2.24) is 10.1 Å². The van der Waals surface area contributed by atoms with Gasteiger partial charge in [0.2, 0.25) is 0 Å². The molecule has 2 heterocycles. The third-order valence-electron chi connectivity index (χ3n) is 4.09. The molecule has 0 bridgehead atoms. The topological polar surface area (TPSA) is 94.1 Å². The summed E-state index contributed by atoms with van der Waals surface area (Å²) in [5.74, 6) is 0.861. The van der Waals surface area contributed by atoms with Crippen LogP contribution in [0.4, 0.5) is 11.4 Å². The normalized spacial score (nSPS) is 10.9. The first-order valence-electron chi connectivity index (χ1n) is 7.74. The molecule has 0 amide bonds. The van der Waals surface area contributed by atoms with E-state index in [0.29, 0.717) is 5.39 Å². The molecule has 24 heavy (non-hydrogen) atoms. The van der Waals surface area contributed by atoms with Crippen LogP contribution >= 0.6 is 0 Å². The molecule has 0 spiro atoms. The van der Waals surface area contributed by atoms with Crippen LogP contribution in [0.2, 0.25) is 0 Å². The van der Waals surface area contributed by atoms with Crippen LogP contribution in [-0.2, 0) is 6.42 Å². The summed E-state index contributed by atoms with van der Waals surface area (Å²) >= 11 is 0. The van der Waals surface area contributed by atoms with Crippen LogP contribution in [0.5, 0.6) is 0 Å². The second-order valence-corrected chi connectivity index (χ2v) is 5.64. The fourth-order valence-electron chi connectivity index (χ4n) is 2.84. The van der Waals surface area contributed by atoms with Crippen LogP contribution in [0.15, 0.2) is 35.1 Å². The van der Waals surface area contributed by atoms with Crippen molar-refractivity contribution in [2.45, 2.75) is 26.7 Å². The van der Waals surface area contributed by atoms with Crippen LogP contribution in [-0.4, -0.2) is 21.6 Å². The molecule has 0 saturated carbocycles. The minimum atomic E-state index is -0.384. The summed E-state index contributed by atoms with van der Waals surface area (Å²) in [6, 6.07) is 5.05. The lowest BCUT2D eigenvalue weighted by molar-refractivity contribution is -0.383. The Morgan fingerprint density at radius 3 is 2.79 bits per heavy atom. The van der Waals surface area contributed by atoms with Crippen LogP contribution in [0.25, 0.3) is 10.8 Å². The van der Waals surface area contributed by atoms with Crippen molar-refractivity contribution >= 4 is 22.1 Å². The van der Waals surface area contributed by atoms with Gasteiger partial charge in [0.25, 0.3) is 5.69 Å². The maximum Gasteiger partial charge on any atom is 0.278 e. The molecule has 0 aliphatic heterocycles. The van der Waals surface area contributed by atoms with Gasteiger partial charge in [-0.15, -0.1) is 0 Å². The Balaban J connectivity index is 1.72. The molecule has 0 aliphatic carbocycles. The zero-order chi connectivity index (χ0) is 17.1. The van der Waals surface area contributed by atoms with Gasteiger partial charge in [-0.05, 0) is 38.8 Å². The van der Waals surface area contributed by atoms with E-state index in [9.17, 15) is 10.1 Å². The van der Waals surface area contributed by atoms with Gasteiger partial charge < -0.3 is 9.84 Å². The Bertz CT molecular complexity index is 869. The number of nitrogens with zero attached hydrogens (tertiary/aromatic N) is 3. The zero-order valence-corrected chi connectivity index (χ0v) is 13.6. The van der Waals surface area contributed by atoms with E-state index in [0.717, 1.165) is 47.5 Å². The molecule has 7 heteroatoms. The summed E-state index contributed by atoms with van der Waals surface area (Å²) in [7, 11) is 0. The first kappa shape index (κ1) is 15.9. The van der Waals surface area contributed by atoms with Crippen LogP contribution < -0.4 is 5.32 Å². The number of aryl methyl sites for hydroxylation is 2. The van der Waals surface area contributed by atoms with Crippen LogP contribution in [0, 0.1) is 24.0 Å². The summed E-state index contributed by atoms with van der Waals surface area (Å²) in [5.41, 5.74) is 3.02. The molecule has 3 aromatic rings.